The van der Waals surface area contributed by atoms with Gasteiger partial charge in [-0.2, -0.15) is 0 Å². The molecule has 0 radical (unpaired) electrons. The Morgan fingerprint density at radius 2 is 1.95 bits per heavy atom. The molecule has 4 nitrogen and oxygen atoms in total. The monoisotopic (exact) mass is 325 g/mol. The second kappa shape index (κ2) is 5.88. The van der Waals surface area contributed by atoms with Gasteiger partial charge in [0.05, 0.1) is 0 Å². The maximum atomic E-state index is 13.5. The Kier molecular flexibility index (Phi) is 4.08. The number of hydrogen-bond donors (Lipinski definition) is 1. The van der Waals surface area contributed by atoms with E-state index in [1.54, 1.807) is 0 Å². The highest BCUT2D eigenvalue weighted by Crippen LogP contribution is 2.40. The summed E-state index contributed by atoms with van der Waals surface area (Å²) in [5, 5.41) is 9.58. The standard InChI is InChI=1S/C16H17ClFNO3/c17-11-5-10(6-12(18)8-11)15(20)19-13-4-2-1-3-9(13)7-14(19)16(21)22/h5-6,8-9,13-14H,1-4,7H2,(H,21,22). The molecule has 3 unspecified atom stereocenters. The van der Waals surface area contributed by atoms with Crippen LogP contribution in [-0.2, 0) is 4.79 Å². The third-order valence-electron chi connectivity index (χ3n) is 4.72. The van der Waals surface area contributed by atoms with Crippen molar-refractivity contribution in [1.82, 2.24) is 4.90 Å². The Labute approximate surface area is 132 Å². The quantitative estimate of drug-likeness (QED) is 0.907. The molecule has 1 saturated heterocycles. The lowest BCUT2D eigenvalue weighted by Gasteiger charge is -2.33. The highest BCUT2D eigenvalue weighted by molar-refractivity contribution is 6.31. The summed E-state index contributed by atoms with van der Waals surface area (Å²) in [5.74, 6) is -1.81. The molecule has 1 amide bonds. The van der Waals surface area contributed by atoms with Gasteiger partial charge in [-0.3, -0.25) is 4.79 Å². The molecule has 1 heterocycles. The van der Waals surface area contributed by atoms with E-state index in [1.165, 1.54) is 11.0 Å². The van der Waals surface area contributed by atoms with Crippen LogP contribution in [0.4, 0.5) is 4.39 Å². The van der Waals surface area contributed by atoms with E-state index in [9.17, 15) is 19.1 Å². The minimum Gasteiger partial charge on any atom is -0.480 e. The van der Waals surface area contributed by atoms with Crippen LogP contribution < -0.4 is 0 Å². The van der Waals surface area contributed by atoms with Crippen LogP contribution >= 0.6 is 11.6 Å². The van der Waals surface area contributed by atoms with Crippen molar-refractivity contribution in [1.29, 1.82) is 0 Å². The first-order valence-corrected chi connectivity index (χ1v) is 7.86. The van der Waals surface area contributed by atoms with Crippen molar-refractivity contribution in [3.8, 4) is 0 Å². The third-order valence-corrected chi connectivity index (χ3v) is 4.94. The maximum Gasteiger partial charge on any atom is 0.326 e. The maximum absolute atomic E-state index is 13.5. The lowest BCUT2D eigenvalue weighted by Crippen LogP contribution is -2.46. The summed E-state index contributed by atoms with van der Waals surface area (Å²) >= 11 is 5.81. The SMILES string of the molecule is O=C(O)C1CC2CCCCC2N1C(=O)c1cc(F)cc(Cl)c1. The second-order valence-corrected chi connectivity index (χ2v) is 6.51. The van der Waals surface area contributed by atoms with E-state index in [2.05, 4.69) is 0 Å². The van der Waals surface area contributed by atoms with Crippen LogP contribution in [0.5, 0.6) is 0 Å². The first-order chi connectivity index (χ1) is 10.5. The molecule has 0 aromatic heterocycles. The van der Waals surface area contributed by atoms with Gasteiger partial charge < -0.3 is 10.0 Å². The number of carboxylic acid groups (broad SMARTS) is 1. The van der Waals surface area contributed by atoms with Crippen LogP contribution in [0.2, 0.25) is 5.02 Å². The summed E-state index contributed by atoms with van der Waals surface area (Å²) in [7, 11) is 0. The normalized spacial score (nSPS) is 27.5. The van der Waals surface area contributed by atoms with Crippen LogP contribution in [0.25, 0.3) is 0 Å². The van der Waals surface area contributed by atoms with E-state index < -0.39 is 23.7 Å². The molecule has 1 aromatic carbocycles. The topological polar surface area (TPSA) is 57.6 Å². The van der Waals surface area contributed by atoms with Crippen LogP contribution in [0.1, 0.15) is 42.5 Å². The summed E-state index contributed by atoms with van der Waals surface area (Å²) in [4.78, 5) is 25.7. The average Bonchev–Trinajstić information content (AvgIpc) is 2.85. The van der Waals surface area contributed by atoms with Gasteiger partial charge in [-0.15, -0.1) is 0 Å². The molecular formula is C16H17ClFNO3. The number of rotatable bonds is 2. The lowest BCUT2D eigenvalue weighted by atomic mass is 9.84. The van der Waals surface area contributed by atoms with Gasteiger partial charge in [0.25, 0.3) is 5.91 Å². The summed E-state index contributed by atoms with van der Waals surface area (Å²) in [6, 6.07) is 2.73. The molecule has 3 rings (SSSR count). The van der Waals surface area contributed by atoms with Crippen molar-refractivity contribution in [2.75, 3.05) is 0 Å². The summed E-state index contributed by atoms with van der Waals surface area (Å²) in [5.41, 5.74) is 0.113. The van der Waals surface area contributed by atoms with Crippen LogP contribution in [0.15, 0.2) is 18.2 Å². The average molecular weight is 326 g/mol. The number of benzene rings is 1. The highest BCUT2D eigenvalue weighted by Gasteiger charge is 2.47. The molecular weight excluding hydrogens is 309 g/mol. The summed E-state index contributed by atoms with van der Waals surface area (Å²) in [6.45, 7) is 0. The van der Waals surface area contributed by atoms with Gasteiger partial charge in [-0.1, -0.05) is 24.4 Å². The Bertz CT molecular complexity index is 601. The number of aliphatic carboxylic acids is 1. The predicted octanol–water partition coefficient (Wildman–Crippen LogP) is 3.34. The summed E-state index contributed by atoms with van der Waals surface area (Å²) < 4.78 is 13.5. The number of likely N-dealkylation sites (tertiary alicyclic amines) is 1. The first-order valence-electron chi connectivity index (χ1n) is 7.49. The van der Waals surface area contributed by atoms with E-state index in [4.69, 9.17) is 11.6 Å². The van der Waals surface area contributed by atoms with Crippen LogP contribution in [0.3, 0.4) is 0 Å². The van der Waals surface area contributed by atoms with E-state index in [-0.39, 0.29) is 22.5 Å². The van der Waals surface area contributed by atoms with Crippen LogP contribution in [0, 0.1) is 11.7 Å². The minimum atomic E-state index is -0.995. The van der Waals surface area contributed by atoms with Gasteiger partial charge in [0.2, 0.25) is 0 Å². The van der Waals surface area contributed by atoms with Gasteiger partial charge in [-0.25, -0.2) is 9.18 Å². The zero-order valence-corrected chi connectivity index (χ0v) is 12.7. The molecule has 1 N–H and O–H groups in total. The molecule has 22 heavy (non-hydrogen) atoms. The Morgan fingerprint density at radius 1 is 1.23 bits per heavy atom. The highest BCUT2D eigenvalue weighted by atomic mass is 35.5. The zero-order chi connectivity index (χ0) is 15.9. The Balaban J connectivity index is 1.95. The number of hydrogen-bond acceptors (Lipinski definition) is 2. The number of amides is 1. The lowest BCUT2D eigenvalue weighted by molar-refractivity contribution is -0.141. The molecule has 1 aliphatic carbocycles. The fourth-order valence-corrected chi connectivity index (χ4v) is 4.02. The molecule has 118 valence electrons. The van der Waals surface area contributed by atoms with Crippen molar-refractivity contribution in [2.45, 2.75) is 44.2 Å². The van der Waals surface area contributed by atoms with Crippen molar-refractivity contribution >= 4 is 23.5 Å². The van der Waals surface area contributed by atoms with E-state index >= 15 is 0 Å². The fourth-order valence-electron chi connectivity index (χ4n) is 3.80. The summed E-state index contributed by atoms with van der Waals surface area (Å²) in [6.07, 6.45) is 4.29. The number of nitrogens with zero attached hydrogens (tertiary/aromatic N) is 1. The van der Waals surface area contributed by atoms with E-state index in [0.29, 0.717) is 6.42 Å². The number of carbonyl (C=O) groups is 2. The van der Waals surface area contributed by atoms with Crippen molar-refractivity contribution in [2.24, 2.45) is 5.92 Å². The largest absolute Gasteiger partial charge is 0.480 e. The third kappa shape index (κ3) is 2.70. The number of carbonyl (C=O) groups excluding carboxylic acids is 1. The first kappa shape index (κ1) is 15.3. The molecule has 2 aliphatic rings. The molecule has 2 fully saturated rings. The molecule has 3 atom stereocenters. The number of halogens is 2. The number of fused-ring (bicyclic) bond motifs is 1. The van der Waals surface area contributed by atoms with E-state index in [0.717, 1.165) is 37.8 Å². The zero-order valence-electron chi connectivity index (χ0n) is 12.0. The Morgan fingerprint density at radius 3 is 2.64 bits per heavy atom. The van der Waals surface area contributed by atoms with Gasteiger partial charge >= 0.3 is 5.97 Å². The Hall–Kier alpha value is -1.62. The van der Waals surface area contributed by atoms with E-state index in [1.807, 2.05) is 0 Å². The van der Waals surface area contributed by atoms with Gasteiger partial charge in [-0.05, 0) is 43.4 Å². The van der Waals surface area contributed by atoms with Crippen molar-refractivity contribution in [3.63, 3.8) is 0 Å². The minimum absolute atomic E-state index is 0.0654. The molecule has 1 aromatic rings. The van der Waals surface area contributed by atoms with Gasteiger partial charge in [0.1, 0.15) is 11.9 Å². The smallest absolute Gasteiger partial charge is 0.326 e. The molecule has 1 saturated carbocycles. The van der Waals surface area contributed by atoms with Crippen molar-refractivity contribution in [3.05, 3.63) is 34.6 Å². The number of carboxylic acids is 1. The molecule has 6 heteroatoms. The molecule has 0 bridgehead atoms. The fraction of sp³-hybridized carbons (Fsp3) is 0.500. The van der Waals surface area contributed by atoms with Crippen molar-refractivity contribution < 1.29 is 19.1 Å². The van der Waals surface area contributed by atoms with Gasteiger partial charge in [0, 0.05) is 16.6 Å². The molecule has 1 aliphatic heterocycles. The second-order valence-electron chi connectivity index (χ2n) is 6.07. The van der Waals surface area contributed by atoms with Gasteiger partial charge in [0.15, 0.2) is 0 Å². The predicted molar refractivity (Wildman–Crippen MR) is 79.4 cm³/mol. The molecule has 0 spiro atoms. The van der Waals surface area contributed by atoms with Crippen LogP contribution in [-0.4, -0.2) is 34.0 Å².